The van der Waals surface area contributed by atoms with E-state index in [1.807, 2.05) is 69.4 Å². The molecule has 0 amide bonds. The molecule has 0 radical (unpaired) electrons. The lowest BCUT2D eigenvalue weighted by Gasteiger charge is -2.56. The van der Waals surface area contributed by atoms with E-state index in [1.165, 1.54) is 24.3 Å². The van der Waals surface area contributed by atoms with Crippen LogP contribution in [0.4, 0.5) is 11.4 Å². The number of aliphatic hydroxyl groups excluding tert-OH is 1. The number of carbonyl (C=O) groups is 2. The molecule has 5 atom stereocenters. The van der Waals surface area contributed by atoms with Crippen molar-refractivity contribution in [3.05, 3.63) is 132 Å². The Balaban J connectivity index is 0.963. The fourth-order valence-electron chi connectivity index (χ4n) is 12.4. The predicted molar refractivity (Wildman–Crippen MR) is 301 cm³/mol. The van der Waals surface area contributed by atoms with Gasteiger partial charge < -0.3 is 19.5 Å². The number of nitrogens with zero attached hydrogens (tertiary/aromatic N) is 3. The zero-order chi connectivity index (χ0) is 58.9. The summed E-state index contributed by atoms with van der Waals surface area (Å²) in [5.41, 5.74) is 2.48. The first-order chi connectivity index (χ1) is 37.8. The Labute approximate surface area is 471 Å². The van der Waals surface area contributed by atoms with Crippen molar-refractivity contribution in [2.75, 3.05) is 31.6 Å². The van der Waals surface area contributed by atoms with Crippen molar-refractivity contribution >= 4 is 91.0 Å². The third-order valence-electron chi connectivity index (χ3n) is 16.3. The van der Waals surface area contributed by atoms with E-state index in [1.54, 1.807) is 54.6 Å². The van der Waals surface area contributed by atoms with E-state index >= 15 is 0 Å². The third-order valence-corrected chi connectivity index (χ3v) is 19.7. The van der Waals surface area contributed by atoms with Gasteiger partial charge in [0.25, 0.3) is 40.5 Å². The second kappa shape index (κ2) is 21.9. The number of aliphatic hydroxyl groups is 1. The molecule has 0 aromatic heterocycles. The number of hydrogen-bond acceptors (Lipinski definition) is 15. The number of fused-ring (bicyclic) bond motifs is 8. The average Bonchev–Trinajstić information content (AvgIpc) is 3.77. The molecule has 432 valence electrons. The van der Waals surface area contributed by atoms with Crippen LogP contribution in [0.15, 0.2) is 135 Å². The minimum absolute atomic E-state index is 0.0182. The highest BCUT2D eigenvalue weighted by Crippen LogP contribution is 2.52. The van der Waals surface area contributed by atoms with Crippen LogP contribution in [0.1, 0.15) is 95.8 Å². The van der Waals surface area contributed by atoms with Gasteiger partial charge in [0.05, 0.1) is 21.3 Å². The number of allylic oxidation sites excluding steroid dienone is 6. The Hall–Kier alpha value is -6.19. The molecule has 3 fully saturated rings. The lowest BCUT2D eigenvalue weighted by Crippen LogP contribution is -2.71. The predicted octanol–water partition coefficient (Wildman–Crippen LogP) is 7.81. The van der Waals surface area contributed by atoms with Crippen LogP contribution in [0.5, 0.6) is 0 Å². The molecule has 2 bridgehead atoms. The fourth-order valence-corrected chi connectivity index (χ4v) is 15.0. The first-order valence-electron chi connectivity index (χ1n) is 26.3. The number of rotatable bonds is 19. The summed E-state index contributed by atoms with van der Waals surface area (Å²) in [6.07, 6.45) is 10.7. The van der Waals surface area contributed by atoms with E-state index in [-0.39, 0.29) is 52.8 Å². The number of hydrogen-bond donors (Lipinski definition) is 5. The van der Waals surface area contributed by atoms with Crippen LogP contribution in [-0.4, -0.2) is 135 Å². The van der Waals surface area contributed by atoms with E-state index in [4.69, 9.17) is 9.47 Å². The highest BCUT2D eigenvalue weighted by Gasteiger charge is 2.52. The lowest BCUT2D eigenvalue weighted by atomic mass is 9.76. The van der Waals surface area contributed by atoms with Crippen LogP contribution in [0.3, 0.4) is 0 Å². The SMILES string of the molecule is CC[N+]1=C(/C=C/C=C/C=C2/N(CCCCCC(=O)OC[C@@H](C(=O)O[C@H]3CC4[C@H](O)[C@H](C3)N4C)c3ccccc3)c3ccc4c(S(=O)(=O)O)cc(S(=O)(=O)O)cc4c3C2(C)C)C(C)(C)c2c1ccc1c(S(=O)(=O)O)cc(S(=O)(=O)O)cc21. The number of carbonyl (C=O) groups excluding carboxylic acids is 2. The normalized spacial score (nSPS) is 21.7. The molecule has 4 aliphatic heterocycles. The number of likely N-dealkylation sites (N-methyl/N-ethyl adjacent to an activating group) is 1. The van der Waals surface area contributed by atoms with Crippen molar-refractivity contribution in [1.82, 2.24) is 4.90 Å². The lowest BCUT2D eigenvalue weighted by molar-refractivity contribution is -0.433. The van der Waals surface area contributed by atoms with Gasteiger partial charge in [0, 0.05) is 83.2 Å². The van der Waals surface area contributed by atoms with Crippen LogP contribution < -0.4 is 4.90 Å². The summed E-state index contributed by atoms with van der Waals surface area (Å²) in [6.45, 7) is 9.93. The van der Waals surface area contributed by atoms with Crippen LogP contribution >= 0.6 is 0 Å². The molecule has 4 heterocycles. The molecule has 10 rings (SSSR count). The van der Waals surface area contributed by atoms with Crippen molar-refractivity contribution in [2.45, 2.75) is 134 Å². The maximum absolute atomic E-state index is 13.6. The van der Waals surface area contributed by atoms with Gasteiger partial charge in [0.15, 0.2) is 5.71 Å². The van der Waals surface area contributed by atoms with Crippen molar-refractivity contribution < 1.29 is 80.6 Å². The van der Waals surface area contributed by atoms with Gasteiger partial charge in [-0.05, 0) is 105 Å². The summed E-state index contributed by atoms with van der Waals surface area (Å²) in [5.74, 6) is -1.89. The van der Waals surface area contributed by atoms with E-state index in [0.717, 1.165) is 5.71 Å². The Morgan fingerprint density at radius 1 is 0.704 bits per heavy atom. The fraction of sp³-hybridized carbons (Fsp3) is 0.386. The van der Waals surface area contributed by atoms with Crippen LogP contribution in [0, 0.1) is 0 Å². The summed E-state index contributed by atoms with van der Waals surface area (Å²) >= 11 is 0. The maximum atomic E-state index is 13.6. The molecule has 5 aromatic carbocycles. The first kappa shape index (κ1) is 59.4. The third kappa shape index (κ3) is 11.4. The number of piperidine rings is 1. The molecular weight excluding hydrogens is 1130 g/mol. The molecule has 24 heteroatoms. The van der Waals surface area contributed by atoms with Crippen molar-refractivity contribution in [2.24, 2.45) is 0 Å². The van der Waals surface area contributed by atoms with E-state index in [9.17, 15) is 66.6 Å². The quantitative estimate of drug-likeness (QED) is 0.0173. The monoisotopic (exact) mass is 1190 g/mol. The van der Waals surface area contributed by atoms with Gasteiger partial charge >= 0.3 is 11.9 Å². The number of unbranched alkanes of at least 4 members (excludes halogenated alkanes) is 2. The van der Waals surface area contributed by atoms with Gasteiger partial charge in [-0.1, -0.05) is 74.9 Å². The molecule has 1 unspecified atom stereocenters. The summed E-state index contributed by atoms with van der Waals surface area (Å²) < 4.78 is 155. The Bertz CT molecular complexity index is 3980. The maximum Gasteiger partial charge on any atom is 0.317 e. The van der Waals surface area contributed by atoms with Gasteiger partial charge in [-0.25, -0.2) is 0 Å². The molecular formula is C57H64N3O17S4+. The van der Waals surface area contributed by atoms with Gasteiger partial charge in [-0.3, -0.25) is 32.7 Å². The largest absolute Gasteiger partial charge is 0.464 e. The first-order valence-corrected chi connectivity index (χ1v) is 32.0. The van der Waals surface area contributed by atoms with E-state index < -0.39 is 94.8 Å². The average molecular weight is 1190 g/mol. The number of anilines is 1. The van der Waals surface area contributed by atoms with Crippen LogP contribution in [0.2, 0.25) is 0 Å². The molecule has 1 aliphatic carbocycles. The highest BCUT2D eigenvalue weighted by molar-refractivity contribution is 7.87. The molecule has 81 heavy (non-hydrogen) atoms. The minimum atomic E-state index is -5.01. The van der Waals surface area contributed by atoms with Gasteiger partial charge in [-0.15, -0.1) is 0 Å². The van der Waals surface area contributed by atoms with Crippen LogP contribution in [0.25, 0.3) is 21.5 Å². The molecule has 5 aromatic rings. The minimum Gasteiger partial charge on any atom is -0.464 e. The Morgan fingerprint density at radius 2 is 1.28 bits per heavy atom. The molecule has 2 saturated heterocycles. The second-order valence-corrected chi connectivity index (χ2v) is 27.6. The number of benzene rings is 5. The van der Waals surface area contributed by atoms with Crippen LogP contribution in [-0.2, 0) is 70.4 Å². The van der Waals surface area contributed by atoms with Gasteiger partial charge in [-0.2, -0.15) is 38.2 Å². The van der Waals surface area contributed by atoms with Crippen molar-refractivity contribution in [3.63, 3.8) is 0 Å². The Kier molecular flexibility index (Phi) is 16.0. The van der Waals surface area contributed by atoms with E-state index in [0.29, 0.717) is 91.1 Å². The van der Waals surface area contributed by atoms with E-state index in [2.05, 4.69) is 4.90 Å². The summed E-state index contributed by atoms with van der Waals surface area (Å²) in [4.78, 5) is 28.1. The van der Waals surface area contributed by atoms with Gasteiger partial charge in [0.2, 0.25) is 5.69 Å². The Morgan fingerprint density at radius 3 is 1.84 bits per heavy atom. The molecule has 0 spiro atoms. The summed E-state index contributed by atoms with van der Waals surface area (Å²) in [6, 6.07) is 18.8. The number of esters is 2. The molecule has 5 N–H and O–H groups in total. The van der Waals surface area contributed by atoms with Crippen molar-refractivity contribution in [3.8, 4) is 0 Å². The zero-order valence-electron chi connectivity index (χ0n) is 45.3. The van der Waals surface area contributed by atoms with Gasteiger partial charge in [0.1, 0.15) is 35.0 Å². The summed E-state index contributed by atoms with van der Waals surface area (Å²) in [5, 5.41) is 10.8. The highest BCUT2D eigenvalue weighted by atomic mass is 32.2. The topological polar surface area (TPSA) is 300 Å². The molecule has 20 nitrogen and oxygen atoms in total. The van der Waals surface area contributed by atoms with Crippen molar-refractivity contribution in [1.29, 1.82) is 0 Å². The number of ether oxygens (including phenoxy) is 2. The zero-order valence-corrected chi connectivity index (χ0v) is 48.5. The molecule has 5 aliphatic rings. The summed E-state index contributed by atoms with van der Waals surface area (Å²) in [7, 11) is -17.9. The second-order valence-electron chi connectivity index (χ2n) is 22.0. The standard InChI is InChI=1S/C57H63N3O17S4/c1-7-59-43-24-22-38-40(29-36(78(64,65)66)31-47(38)80(70,71)72)52(43)56(2,3)49(59)19-13-9-14-20-50-57(4,5)53-41-30-37(79(67,68)69)32-48(81(73,74)75)39(41)23-25-44(53)60(50)26-16-10-15-21-51(61)76-33-42(34-17-11-8-12-18-34)55(63)77-35-27-45-54(62)46(28-35)58(45)6/h8-9,11-14,17-20,22-25,29-32,35,42,45-46,54,62H,7,10,15-16,21,26-28,33H2,1-6H3,(H3-,64,65,66,67,68,69,70,71,72,73,74,75)/p+1/t35-,42-,45+,46?,54-/m1/s1. The molecule has 1 saturated carbocycles. The smallest absolute Gasteiger partial charge is 0.317 e.